The summed E-state index contributed by atoms with van der Waals surface area (Å²) in [6.45, 7) is 7.20. The van der Waals surface area contributed by atoms with Crippen LogP contribution in [-0.2, 0) is 19.1 Å². The predicted octanol–water partition coefficient (Wildman–Crippen LogP) is 2.86. The van der Waals surface area contributed by atoms with Gasteiger partial charge in [-0.1, -0.05) is 20.8 Å². The summed E-state index contributed by atoms with van der Waals surface area (Å²) in [5.41, 5.74) is 0.603. The first kappa shape index (κ1) is 29.2. The van der Waals surface area contributed by atoms with Crippen LogP contribution in [0, 0.1) is 46.3 Å². The molecule has 1 saturated heterocycles. The SMILES string of the molecule is CC(CCC(=O)OC1OC(C(=O)O)C(O)C(O)C1O)C1CCC2C3CCC4CC(O)CCC4(C)C3CCC12C. The molecule has 5 N–H and O–H groups in total. The van der Waals surface area contributed by atoms with Crippen molar-refractivity contribution in [3.63, 3.8) is 0 Å². The largest absolute Gasteiger partial charge is 0.479 e. The number of aliphatic carboxylic acids is 1. The number of ether oxygens (including phenoxy) is 2. The minimum atomic E-state index is -1.82. The zero-order valence-electron chi connectivity index (χ0n) is 23.6. The van der Waals surface area contributed by atoms with Crippen molar-refractivity contribution in [2.24, 2.45) is 46.3 Å². The van der Waals surface area contributed by atoms with Gasteiger partial charge in [-0.25, -0.2) is 4.79 Å². The zero-order chi connectivity index (χ0) is 28.3. The lowest BCUT2D eigenvalue weighted by Crippen LogP contribution is -2.60. The molecule has 5 rings (SSSR count). The minimum absolute atomic E-state index is 0.107. The van der Waals surface area contributed by atoms with Crippen molar-refractivity contribution in [3.05, 3.63) is 0 Å². The van der Waals surface area contributed by atoms with Gasteiger partial charge in [-0.3, -0.25) is 4.79 Å². The van der Waals surface area contributed by atoms with Crippen LogP contribution in [0.4, 0.5) is 0 Å². The monoisotopic (exact) mass is 552 g/mol. The van der Waals surface area contributed by atoms with E-state index in [0.29, 0.717) is 35.5 Å². The Balaban J connectivity index is 1.18. The molecular formula is C30H48O9. The van der Waals surface area contributed by atoms with E-state index in [2.05, 4.69) is 20.8 Å². The molecule has 0 amide bonds. The first-order valence-electron chi connectivity index (χ1n) is 15.2. The molecule has 0 aromatic carbocycles. The molecule has 39 heavy (non-hydrogen) atoms. The van der Waals surface area contributed by atoms with Crippen LogP contribution in [0.15, 0.2) is 0 Å². The highest BCUT2D eigenvalue weighted by Gasteiger charge is 2.60. The van der Waals surface area contributed by atoms with E-state index in [4.69, 9.17) is 9.47 Å². The fourth-order valence-electron chi connectivity index (χ4n) is 10.1. The normalized spacial score (nSPS) is 50.3. The van der Waals surface area contributed by atoms with Crippen LogP contribution in [0.1, 0.15) is 91.4 Å². The summed E-state index contributed by atoms with van der Waals surface area (Å²) in [5, 5.41) is 49.5. The van der Waals surface area contributed by atoms with Gasteiger partial charge in [0.1, 0.15) is 18.3 Å². The summed E-state index contributed by atoms with van der Waals surface area (Å²) in [4.78, 5) is 24.0. The van der Waals surface area contributed by atoms with Gasteiger partial charge in [0.2, 0.25) is 6.29 Å². The second-order valence-electron chi connectivity index (χ2n) is 14.1. The summed E-state index contributed by atoms with van der Waals surface area (Å²) in [5.74, 6) is 1.53. The van der Waals surface area contributed by atoms with Crippen LogP contribution in [-0.4, -0.2) is 74.3 Å². The van der Waals surface area contributed by atoms with Crippen LogP contribution >= 0.6 is 0 Å². The maximum absolute atomic E-state index is 12.7. The molecule has 0 aromatic heterocycles. The van der Waals surface area contributed by atoms with Crippen molar-refractivity contribution in [1.29, 1.82) is 0 Å². The number of carboxylic acid groups (broad SMARTS) is 1. The summed E-state index contributed by atoms with van der Waals surface area (Å²) in [6.07, 6.45) is 2.24. The molecule has 14 unspecified atom stereocenters. The third-order valence-corrected chi connectivity index (χ3v) is 12.3. The Hall–Kier alpha value is -1.26. The molecule has 9 nitrogen and oxygen atoms in total. The molecule has 0 aromatic rings. The summed E-state index contributed by atoms with van der Waals surface area (Å²) >= 11 is 0. The van der Waals surface area contributed by atoms with Crippen LogP contribution in [0.25, 0.3) is 0 Å². The number of fused-ring (bicyclic) bond motifs is 5. The smallest absolute Gasteiger partial charge is 0.335 e. The molecule has 1 heterocycles. The molecule has 9 heteroatoms. The van der Waals surface area contributed by atoms with Gasteiger partial charge in [-0.15, -0.1) is 0 Å². The van der Waals surface area contributed by atoms with Gasteiger partial charge in [0.15, 0.2) is 6.10 Å². The molecule has 0 radical (unpaired) electrons. The minimum Gasteiger partial charge on any atom is -0.479 e. The Morgan fingerprint density at radius 3 is 2.31 bits per heavy atom. The van der Waals surface area contributed by atoms with Gasteiger partial charge in [0, 0.05) is 6.42 Å². The number of rotatable bonds is 6. The number of carbonyl (C=O) groups excluding carboxylic acids is 1. The number of aliphatic hydroxyl groups is 4. The van der Waals surface area contributed by atoms with E-state index in [-0.39, 0.29) is 17.9 Å². The average molecular weight is 553 g/mol. The van der Waals surface area contributed by atoms with E-state index in [1.54, 1.807) is 0 Å². The van der Waals surface area contributed by atoms with Crippen molar-refractivity contribution in [3.8, 4) is 0 Å². The molecule has 1 aliphatic heterocycles. The molecule has 14 atom stereocenters. The maximum Gasteiger partial charge on any atom is 0.335 e. The van der Waals surface area contributed by atoms with E-state index < -0.39 is 42.6 Å². The Kier molecular flexibility index (Phi) is 8.14. The fraction of sp³-hybridized carbons (Fsp3) is 0.933. The third kappa shape index (κ3) is 5.05. The van der Waals surface area contributed by atoms with Gasteiger partial charge in [0.05, 0.1) is 6.10 Å². The van der Waals surface area contributed by atoms with Crippen molar-refractivity contribution >= 4 is 11.9 Å². The third-order valence-electron chi connectivity index (χ3n) is 12.3. The number of hydrogen-bond donors (Lipinski definition) is 5. The highest BCUT2D eigenvalue weighted by Crippen LogP contribution is 2.68. The van der Waals surface area contributed by atoms with Gasteiger partial charge >= 0.3 is 11.9 Å². The standard InChI is InChI=1S/C30H48O9/c1-15(4-9-22(32)38-28-25(35)23(33)24(34)26(39-28)27(36)37)19-7-8-20-18-6-5-16-14-17(31)10-12-29(16,2)21(18)11-13-30(19,20)3/h15-21,23-26,28,31,33-35H,4-14H2,1-3H3,(H,36,37). The Morgan fingerprint density at radius 1 is 0.897 bits per heavy atom. The Bertz CT molecular complexity index is 926. The van der Waals surface area contributed by atoms with E-state index in [9.17, 15) is 35.1 Å². The molecule has 5 fully saturated rings. The fourth-order valence-corrected chi connectivity index (χ4v) is 10.1. The number of carboxylic acids is 1. The maximum atomic E-state index is 12.7. The lowest BCUT2D eigenvalue weighted by molar-refractivity contribution is -0.286. The second kappa shape index (κ2) is 10.9. The van der Waals surface area contributed by atoms with E-state index >= 15 is 0 Å². The summed E-state index contributed by atoms with van der Waals surface area (Å²) in [6, 6.07) is 0. The van der Waals surface area contributed by atoms with Crippen molar-refractivity contribution in [2.75, 3.05) is 0 Å². The molecular weight excluding hydrogens is 504 g/mol. The van der Waals surface area contributed by atoms with E-state index in [0.717, 1.165) is 37.5 Å². The predicted molar refractivity (Wildman–Crippen MR) is 140 cm³/mol. The lowest BCUT2D eigenvalue weighted by Gasteiger charge is -2.61. The Morgan fingerprint density at radius 2 is 1.59 bits per heavy atom. The molecule has 4 aliphatic carbocycles. The number of aliphatic hydroxyl groups excluding tert-OH is 4. The first-order valence-corrected chi connectivity index (χ1v) is 15.2. The molecule has 0 bridgehead atoms. The lowest BCUT2D eigenvalue weighted by atomic mass is 9.44. The van der Waals surface area contributed by atoms with E-state index in [1.165, 1.54) is 32.1 Å². The van der Waals surface area contributed by atoms with Crippen molar-refractivity contribution in [1.82, 2.24) is 0 Å². The second-order valence-corrected chi connectivity index (χ2v) is 14.1. The molecule has 5 aliphatic rings. The summed E-state index contributed by atoms with van der Waals surface area (Å²) < 4.78 is 10.3. The number of esters is 1. The topological polar surface area (TPSA) is 154 Å². The van der Waals surface area contributed by atoms with Crippen LogP contribution in [0.2, 0.25) is 0 Å². The van der Waals surface area contributed by atoms with Crippen LogP contribution in [0.3, 0.4) is 0 Å². The highest BCUT2D eigenvalue weighted by atomic mass is 16.7. The van der Waals surface area contributed by atoms with Gasteiger partial charge in [-0.05, 0) is 111 Å². The van der Waals surface area contributed by atoms with Gasteiger partial charge in [-0.2, -0.15) is 0 Å². The quantitative estimate of drug-likeness (QED) is 0.313. The van der Waals surface area contributed by atoms with E-state index in [1.807, 2.05) is 0 Å². The highest BCUT2D eigenvalue weighted by molar-refractivity contribution is 5.73. The number of carbonyl (C=O) groups is 2. The number of hydrogen-bond acceptors (Lipinski definition) is 8. The summed E-state index contributed by atoms with van der Waals surface area (Å²) in [7, 11) is 0. The van der Waals surface area contributed by atoms with Crippen LogP contribution in [0.5, 0.6) is 0 Å². The van der Waals surface area contributed by atoms with Crippen molar-refractivity contribution < 1.29 is 44.6 Å². The van der Waals surface area contributed by atoms with Gasteiger partial charge < -0.3 is 35.0 Å². The van der Waals surface area contributed by atoms with Crippen LogP contribution < -0.4 is 0 Å². The Labute approximate surface area is 231 Å². The first-order chi connectivity index (χ1) is 18.4. The zero-order valence-corrected chi connectivity index (χ0v) is 23.6. The van der Waals surface area contributed by atoms with Crippen molar-refractivity contribution in [2.45, 2.75) is 128 Å². The molecule has 4 saturated carbocycles. The van der Waals surface area contributed by atoms with Gasteiger partial charge in [0.25, 0.3) is 0 Å². The molecule has 0 spiro atoms. The molecule has 222 valence electrons. The average Bonchev–Trinajstić information content (AvgIpc) is 3.25.